The highest BCUT2D eigenvalue weighted by Gasteiger charge is 2.67. The molecule has 7 rings (SSSR count). The van der Waals surface area contributed by atoms with E-state index in [9.17, 15) is 9.59 Å². The second-order valence-electron chi connectivity index (χ2n) is 8.08. The fraction of sp³-hybridized carbons (Fsp3) is 0.304. The van der Waals surface area contributed by atoms with Gasteiger partial charge in [0.25, 0.3) is 0 Å². The molecule has 26 heavy (non-hydrogen) atoms. The maximum Gasteiger partial charge on any atom is 0.238 e. The highest BCUT2D eigenvalue weighted by Crippen LogP contribution is 2.65. The van der Waals surface area contributed by atoms with Gasteiger partial charge in [0.2, 0.25) is 11.8 Å². The zero-order valence-electron chi connectivity index (χ0n) is 14.3. The summed E-state index contributed by atoms with van der Waals surface area (Å²) < 4.78 is 0. The molecule has 4 aliphatic carbocycles. The fourth-order valence-corrected chi connectivity index (χ4v) is 5.65. The van der Waals surface area contributed by atoms with Crippen LogP contribution >= 0.6 is 0 Å². The van der Waals surface area contributed by atoms with Crippen molar-refractivity contribution in [2.45, 2.75) is 6.42 Å². The van der Waals surface area contributed by atoms with Crippen molar-refractivity contribution >= 4 is 17.5 Å². The van der Waals surface area contributed by atoms with Gasteiger partial charge in [-0.05, 0) is 53.4 Å². The van der Waals surface area contributed by atoms with Gasteiger partial charge in [0, 0.05) is 0 Å². The minimum Gasteiger partial charge on any atom is -0.274 e. The number of benzene rings is 2. The molecule has 0 radical (unpaired) electrons. The number of rotatable bonds is 2. The molecule has 6 atom stereocenters. The molecule has 1 saturated heterocycles. The van der Waals surface area contributed by atoms with E-state index in [1.54, 1.807) is 0 Å². The zero-order valence-corrected chi connectivity index (χ0v) is 14.3. The molecule has 2 amide bonds. The number of amides is 2. The van der Waals surface area contributed by atoms with E-state index in [0.717, 1.165) is 11.1 Å². The van der Waals surface area contributed by atoms with Crippen LogP contribution in [0.3, 0.4) is 0 Å². The fourth-order valence-electron chi connectivity index (χ4n) is 5.65. The number of hydrogen-bond donors (Lipinski definition) is 0. The first kappa shape index (κ1) is 14.5. The number of carbonyl (C=O) groups excluding carboxylic acids is 2. The van der Waals surface area contributed by atoms with Gasteiger partial charge in [0.15, 0.2) is 0 Å². The minimum absolute atomic E-state index is 0.0113. The lowest BCUT2D eigenvalue weighted by Crippen LogP contribution is -2.40. The molecule has 1 heterocycles. The second kappa shape index (κ2) is 4.94. The normalized spacial score (nSPS) is 36.2. The summed E-state index contributed by atoms with van der Waals surface area (Å²) in [6.45, 7) is 0. The van der Waals surface area contributed by atoms with Crippen molar-refractivity contribution in [1.82, 2.24) is 0 Å². The third-order valence-corrected chi connectivity index (χ3v) is 6.90. The summed E-state index contributed by atoms with van der Waals surface area (Å²) in [6.07, 6.45) is 5.63. The summed E-state index contributed by atoms with van der Waals surface area (Å²) in [5.41, 5.74) is 2.94. The maximum atomic E-state index is 13.1. The lowest BCUT2D eigenvalue weighted by atomic mass is 9.63. The molecule has 2 saturated carbocycles. The van der Waals surface area contributed by atoms with Crippen molar-refractivity contribution in [1.29, 1.82) is 0 Å². The first-order valence-electron chi connectivity index (χ1n) is 9.45. The van der Waals surface area contributed by atoms with Crippen LogP contribution in [0.2, 0.25) is 0 Å². The Labute approximate surface area is 152 Å². The molecule has 3 nitrogen and oxygen atoms in total. The lowest BCUT2D eigenvalue weighted by molar-refractivity contribution is -0.124. The van der Waals surface area contributed by atoms with E-state index in [0.29, 0.717) is 17.5 Å². The molecule has 2 aromatic carbocycles. The van der Waals surface area contributed by atoms with E-state index in [2.05, 4.69) is 24.3 Å². The molecule has 0 unspecified atom stereocenters. The largest absolute Gasteiger partial charge is 0.274 e. The summed E-state index contributed by atoms with van der Waals surface area (Å²) in [7, 11) is 0. The molecule has 1 aliphatic heterocycles. The van der Waals surface area contributed by atoms with Crippen LogP contribution in [0, 0.1) is 35.5 Å². The molecule has 0 spiro atoms. The van der Waals surface area contributed by atoms with Crippen LogP contribution in [0.5, 0.6) is 0 Å². The molecular formula is C23H19NO2. The van der Waals surface area contributed by atoms with E-state index >= 15 is 0 Å². The van der Waals surface area contributed by atoms with Crippen LogP contribution in [0.15, 0.2) is 66.7 Å². The van der Waals surface area contributed by atoms with Crippen molar-refractivity contribution in [3.8, 4) is 11.1 Å². The zero-order chi connectivity index (χ0) is 17.4. The van der Waals surface area contributed by atoms with Crippen LogP contribution in [-0.4, -0.2) is 11.8 Å². The molecular weight excluding hydrogens is 322 g/mol. The van der Waals surface area contributed by atoms with Gasteiger partial charge in [0.1, 0.15) is 0 Å². The molecule has 0 N–H and O–H groups in total. The Morgan fingerprint density at radius 1 is 0.692 bits per heavy atom. The van der Waals surface area contributed by atoms with E-state index in [1.165, 1.54) is 11.3 Å². The molecule has 2 bridgehead atoms. The summed E-state index contributed by atoms with van der Waals surface area (Å²) >= 11 is 0. The van der Waals surface area contributed by atoms with Gasteiger partial charge in [0.05, 0.1) is 17.5 Å². The van der Waals surface area contributed by atoms with Crippen molar-refractivity contribution in [2.75, 3.05) is 4.90 Å². The highest BCUT2D eigenvalue weighted by molar-refractivity contribution is 6.22. The molecule has 5 aliphatic rings. The quantitative estimate of drug-likeness (QED) is 0.613. The van der Waals surface area contributed by atoms with Crippen molar-refractivity contribution < 1.29 is 9.59 Å². The number of nitrogens with zero attached hydrogens (tertiary/aromatic N) is 1. The van der Waals surface area contributed by atoms with E-state index in [-0.39, 0.29) is 35.5 Å². The smallest absolute Gasteiger partial charge is 0.238 e. The van der Waals surface area contributed by atoms with E-state index in [4.69, 9.17) is 0 Å². The predicted molar refractivity (Wildman–Crippen MR) is 99.1 cm³/mol. The molecule has 3 fully saturated rings. The molecule has 3 heteroatoms. The minimum atomic E-state index is -0.130. The molecule has 128 valence electrons. The van der Waals surface area contributed by atoms with E-state index < -0.39 is 0 Å². The van der Waals surface area contributed by atoms with Crippen LogP contribution < -0.4 is 4.90 Å². The molecule has 2 aromatic rings. The summed E-state index contributed by atoms with van der Waals surface area (Å²) in [5, 5.41) is 0. The van der Waals surface area contributed by atoms with Gasteiger partial charge in [-0.3, -0.25) is 14.5 Å². The average molecular weight is 341 g/mol. The van der Waals surface area contributed by atoms with Crippen LogP contribution in [0.1, 0.15) is 6.42 Å². The van der Waals surface area contributed by atoms with Crippen molar-refractivity contribution in [3.63, 3.8) is 0 Å². The number of allylic oxidation sites excluding steroid dienone is 2. The van der Waals surface area contributed by atoms with Gasteiger partial charge in [-0.25, -0.2) is 0 Å². The van der Waals surface area contributed by atoms with Gasteiger partial charge >= 0.3 is 0 Å². The Morgan fingerprint density at radius 3 is 1.81 bits per heavy atom. The van der Waals surface area contributed by atoms with Crippen molar-refractivity contribution in [2.24, 2.45) is 35.5 Å². The van der Waals surface area contributed by atoms with Crippen LogP contribution in [0.25, 0.3) is 11.1 Å². The number of imide groups is 1. The average Bonchev–Trinajstić information content (AvgIpc) is 3.47. The van der Waals surface area contributed by atoms with Crippen LogP contribution in [0.4, 0.5) is 5.69 Å². The lowest BCUT2D eigenvalue weighted by Gasteiger charge is -2.37. The Bertz CT molecular complexity index is 910. The van der Waals surface area contributed by atoms with Gasteiger partial charge in [-0.15, -0.1) is 0 Å². The first-order chi connectivity index (χ1) is 12.7. The Kier molecular flexibility index (Phi) is 2.75. The third-order valence-electron chi connectivity index (χ3n) is 6.90. The predicted octanol–water partition coefficient (Wildman–Crippen LogP) is 3.91. The summed E-state index contributed by atoms with van der Waals surface area (Å²) in [5.74, 6) is 1.60. The number of anilines is 1. The van der Waals surface area contributed by atoms with E-state index in [1.807, 2.05) is 42.5 Å². The number of carbonyl (C=O) groups is 2. The molecule has 0 aromatic heterocycles. The Balaban J connectivity index is 1.35. The van der Waals surface area contributed by atoms with Crippen molar-refractivity contribution in [3.05, 3.63) is 66.7 Å². The maximum absolute atomic E-state index is 13.1. The Morgan fingerprint density at radius 2 is 1.23 bits per heavy atom. The Hall–Kier alpha value is -2.68. The van der Waals surface area contributed by atoms with Gasteiger partial charge in [-0.2, -0.15) is 0 Å². The second-order valence-corrected chi connectivity index (χ2v) is 8.08. The first-order valence-corrected chi connectivity index (χ1v) is 9.45. The third kappa shape index (κ3) is 1.78. The van der Waals surface area contributed by atoms with Crippen LogP contribution in [-0.2, 0) is 9.59 Å². The highest BCUT2D eigenvalue weighted by atomic mass is 16.2. The SMILES string of the molecule is O=C1[C@@H]2[C@H]3C=C[C@@H]([C@@H]4C[C@H]34)[C@H]2C(=O)N1c1ccc(-c2ccccc2)cc1. The van der Waals surface area contributed by atoms with Gasteiger partial charge in [-0.1, -0.05) is 54.6 Å². The number of hydrogen-bond acceptors (Lipinski definition) is 2. The summed E-state index contributed by atoms with van der Waals surface area (Å²) in [4.78, 5) is 27.7. The van der Waals surface area contributed by atoms with Gasteiger partial charge < -0.3 is 0 Å². The monoisotopic (exact) mass is 341 g/mol. The summed E-state index contributed by atoms with van der Waals surface area (Å²) in [6, 6.07) is 17.9. The standard InChI is InChI=1S/C23H19NO2/c25-22-20-16-10-11-17(19-12-18(16)19)21(20)23(26)24(22)15-8-6-14(7-9-15)13-4-2-1-3-5-13/h1-11,16-21H,12H2/t16-,17-,18-,19+,20+,21+/m0/s1. The topological polar surface area (TPSA) is 37.4 Å².